The number of benzene rings is 2. The van der Waals surface area contributed by atoms with E-state index >= 15 is 0 Å². The van der Waals surface area contributed by atoms with Gasteiger partial charge >= 0.3 is 12.1 Å². The summed E-state index contributed by atoms with van der Waals surface area (Å²) >= 11 is 1.55. The van der Waals surface area contributed by atoms with Crippen LogP contribution in [-0.2, 0) is 20.7 Å². The molecule has 0 radical (unpaired) electrons. The first-order valence-corrected chi connectivity index (χ1v) is 9.35. The number of amides is 1. The summed E-state index contributed by atoms with van der Waals surface area (Å²) < 4.78 is 10.2. The van der Waals surface area contributed by atoms with Crippen LogP contribution in [0.2, 0.25) is 0 Å². The van der Waals surface area contributed by atoms with Gasteiger partial charge < -0.3 is 9.47 Å². The van der Waals surface area contributed by atoms with Crippen molar-refractivity contribution >= 4 is 29.5 Å². The Morgan fingerprint density at radius 1 is 1.30 bits per heavy atom. The van der Waals surface area contributed by atoms with Crippen LogP contribution in [0.1, 0.15) is 11.1 Å². The zero-order chi connectivity index (χ0) is 19.2. The molecule has 0 spiro atoms. The number of ether oxygens (including phenoxy) is 2. The number of carbonyl (C=O) groups is 2. The van der Waals surface area contributed by atoms with Gasteiger partial charge in [-0.2, -0.15) is 5.26 Å². The highest BCUT2D eigenvalue weighted by molar-refractivity contribution is 7.99. The van der Waals surface area contributed by atoms with Crippen LogP contribution in [0.3, 0.4) is 0 Å². The summed E-state index contributed by atoms with van der Waals surface area (Å²) in [5.41, 5.74) is 2.14. The molecule has 6 nitrogen and oxygen atoms in total. The summed E-state index contributed by atoms with van der Waals surface area (Å²) in [6.45, 7) is 0.441. The summed E-state index contributed by atoms with van der Waals surface area (Å²) in [6, 6.07) is 16.5. The van der Waals surface area contributed by atoms with Crippen LogP contribution < -0.4 is 4.90 Å². The molecule has 1 heterocycles. The monoisotopic (exact) mass is 382 g/mol. The van der Waals surface area contributed by atoms with Gasteiger partial charge in [0.15, 0.2) is 0 Å². The Morgan fingerprint density at radius 2 is 2.04 bits per heavy atom. The molecule has 1 unspecified atom stereocenters. The maximum Gasteiger partial charge on any atom is 0.414 e. The highest BCUT2D eigenvalue weighted by Gasteiger charge is 2.32. The number of cyclic esters (lactones) is 1. The van der Waals surface area contributed by atoms with E-state index in [2.05, 4.69) is 6.07 Å². The second-order valence-corrected chi connectivity index (χ2v) is 7.01. The zero-order valence-electron chi connectivity index (χ0n) is 14.8. The number of thioether (sulfide) groups is 1. The van der Waals surface area contributed by atoms with Crippen molar-refractivity contribution in [3.8, 4) is 6.07 Å². The molecule has 1 amide bonds. The number of methoxy groups -OCH3 is 1. The molecule has 1 fully saturated rings. The molecular weight excluding hydrogens is 364 g/mol. The largest absolute Gasteiger partial charge is 0.469 e. The first-order valence-electron chi connectivity index (χ1n) is 8.36. The molecule has 1 saturated heterocycles. The molecule has 138 valence electrons. The summed E-state index contributed by atoms with van der Waals surface area (Å²) in [7, 11) is 1.37. The number of anilines is 1. The van der Waals surface area contributed by atoms with Gasteiger partial charge in [0.25, 0.3) is 0 Å². The van der Waals surface area contributed by atoms with Crippen molar-refractivity contribution in [2.45, 2.75) is 17.4 Å². The number of nitriles is 1. The fourth-order valence-corrected chi connectivity index (χ4v) is 3.78. The van der Waals surface area contributed by atoms with Gasteiger partial charge in [-0.1, -0.05) is 18.2 Å². The van der Waals surface area contributed by atoms with Crippen molar-refractivity contribution < 1.29 is 19.1 Å². The highest BCUT2D eigenvalue weighted by atomic mass is 32.2. The van der Waals surface area contributed by atoms with E-state index in [1.165, 1.54) is 7.11 Å². The molecule has 0 aliphatic carbocycles. The van der Waals surface area contributed by atoms with E-state index in [0.29, 0.717) is 23.5 Å². The van der Waals surface area contributed by atoms with E-state index in [-0.39, 0.29) is 18.5 Å². The predicted molar refractivity (Wildman–Crippen MR) is 102 cm³/mol. The lowest BCUT2D eigenvalue weighted by molar-refractivity contribution is -0.139. The smallest absolute Gasteiger partial charge is 0.414 e. The van der Waals surface area contributed by atoms with E-state index in [1.807, 2.05) is 24.3 Å². The molecule has 0 saturated carbocycles. The van der Waals surface area contributed by atoms with Crippen molar-refractivity contribution in [1.29, 1.82) is 5.26 Å². The lowest BCUT2D eigenvalue weighted by atomic mass is 10.1. The minimum absolute atomic E-state index is 0.210. The van der Waals surface area contributed by atoms with Gasteiger partial charge in [-0.15, -0.1) is 11.8 Å². The Kier molecular flexibility index (Phi) is 5.99. The van der Waals surface area contributed by atoms with Crippen molar-refractivity contribution in [2.24, 2.45) is 0 Å². The minimum Gasteiger partial charge on any atom is -0.469 e. The summed E-state index contributed by atoms with van der Waals surface area (Å²) in [6.07, 6.45) is -0.445. The summed E-state index contributed by atoms with van der Waals surface area (Å²) in [4.78, 5) is 26.3. The Labute approximate surface area is 161 Å². The third kappa shape index (κ3) is 4.60. The number of esters is 1. The second kappa shape index (κ2) is 8.60. The van der Waals surface area contributed by atoms with E-state index in [0.717, 1.165) is 10.5 Å². The molecular formula is C20H18N2O4S. The first-order chi connectivity index (χ1) is 13.1. The Morgan fingerprint density at radius 3 is 2.74 bits per heavy atom. The number of nitrogens with zero attached hydrogens (tertiary/aromatic N) is 2. The first kappa shape index (κ1) is 18.8. The third-order valence-electron chi connectivity index (χ3n) is 4.14. The van der Waals surface area contributed by atoms with Crippen LogP contribution in [0, 0.1) is 11.3 Å². The van der Waals surface area contributed by atoms with E-state index in [9.17, 15) is 9.59 Å². The molecule has 2 aromatic carbocycles. The Bertz CT molecular complexity index is 876. The number of hydrogen-bond acceptors (Lipinski definition) is 6. The molecule has 7 heteroatoms. The van der Waals surface area contributed by atoms with Crippen molar-refractivity contribution in [3.63, 3.8) is 0 Å². The molecule has 1 aliphatic rings. The SMILES string of the molecule is COC(=O)Cc1ccccc1SCC1CN(c2ccc(C#N)cc2)C(=O)O1. The van der Waals surface area contributed by atoms with Gasteiger partial charge in [0.05, 0.1) is 31.7 Å². The lowest BCUT2D eigenvalue weighted by Gasteiger charge is -2.13. The van der Waals surface area contributed by atoms with E-state index < -0.39 is 6.09 Å². The highest BCUT2D eigenvalue weighted by Crippen LogP contribution is 2.28. The van der Waals surface area contributed by atoms with Crippen molar-refractivity contribution in [2.75, 3.05) is 24.3 Å². The minimum atomic E-state index is -0.395. The molecule has 2 aromatic rings. The van der Waals surface area contributed by atoms with E-state index in [1.54, 1.807) is 40.9 Å². The van der Waals surface area contributed by atoms with Crippen LogP contribution in [0.15, 0.2) is 53.4 Å². The van der Waals surface area contributed by atoms with Crippen LogP contribution >= 0.6 is 11.8 Å². The molecule has 1 atom stereocenters. The number of hydrogen-bond donors (Lipinski definition) is 0. The molecule has 0 aromatic heterocycles. The Balaban J connectivity index is 1.62. The molecule has 1 aliphatic heterocycles. The van der Waals surface area contributed by atoms with Crippen LogP contribution in [0.5, 0.6) is 0 Å². The third-order valence-corrected chi connectivity index (χ3v) is 5.39. The van der Waals surface area contributed by atoms with E-state index in [4.69, 9.17) is 14.7 Å². The average molecular weight is 382 g/mol. The summed E-state index contributed by atoms with van der Waals surface area (Å²) in [5.74, 6) is 0.291. The van der Waals surface area contributed by atoms with Crippen LogP contribution in [0.4, 0.5) is 10.5 Å². The van der Waals surface area contributed by atoms with Gasteiger partial charge in [-0.3, -0.25) is 9.69 Å². The van der Waals surface area contributed by atoms with Crippen molar-refractivity contribution in [1.82, 2.24) is 0 Å². The molecule has 3 rings (SSSR count). The maximum atomic E-state index is 12.2. The maximum absolute atomic E-state index is 12.2. The predicted octanol–water partition coefficient (Wildman–Crippen LogP) is 3.39. The average Bonchev–Trinajstić information content (AvgIpc) is 3.07. The Hall–Kier alpha value is -2.98. The van der Waals surface area contributed by atoms with Gasteiger partial charge in [0.1, 0.15) is 6.10 Å². The zero-order valence-corrected chi connectivity index (χ0v) is 15.6. The quantitative estimate of drug-likeness (QED) is 0.563. The molecule has 0 N–H and O–H groups in total. The van der Waals surface area contributed by atoms with Gasteiger partial charge in [0.2, 0.25) is 0 Å². The molecule has 27 heavy (non-hydrogen) atoms. The normalized spacial score (nSPS) is 15.9. The topological polar surface area (TPSA) is 79.6 Å². The standard InChI is InChI=1S/C20H18N2O4S/c1-25-19(23)10-15-4-2-3-5-18(15)27-13-17-12-22(20(24)26-17)16-8-6-14(11-21)7-9-16/h2-9,17H,10,12-13H2,1H3. The van der Waals surface area contributed by atoms with Gasteiger partial charge in [0, 0.05) is 16.3 Å². The number of rotatable bonds is 6. The fourth-order valence-electron chi connectivity index (χ4n) is 2.74. The van der Waals surface area contributed by atoms with Gasteiger partial charge in [-0.25, -0.2) is 4.79 Å². The van der Waals surface area contributed by atoms with Crippen LogP contribution in [0.25, 0.3) is 0 Å². The molecule has 0 bridgehead atoms. The lowest BCUT2D eigenvalue weighted by Crippen LogP contribution is -2.24. The van der Waals surface area contributed by atoms with Crippen molar-refractivity contribution in [3.05, 3.63) is 59.7 Å². The summed E-state index contributed by atoms with van der Waals surface area (Å²) in [5, 5.41) is 8.87. The van der Waals surface area contributed by atoms with Gasteiger partial charge in [-0.05, 0) is 35.9 Å². The fraction of sp³-hybridized carbons (Fsp3) is 0.250. The second-order valence-electron chi connectivity index (χ2n) is 5.95. The number of carbonyl (C=O) groups excluding carboxylic acids is 2. The van der Waals surface area contributed by atoms with Crippen LogP contribution in [-0.4, -0.2) is 37.6 Å².